The number of para-hydroxylation sites is 1. The molecule has 0 spiro atoms. The van der Waals surface area contributed by atoms with E-state index in [-0.39, 0.29) is 11.1 Å². The lowest BCUT2D eigenvalue weighted by Crippen LogP contribution is -2.49. The quantitative estimate of drug-likeness (QED) is 0.523. The highest BCUT2D eigenvalue weighted by atomic mass is 16.5. The number of carbonyl (C=O) groups is 1. The maximum atomic E-state index is 12.7. The van der Waals surface area contributed by atoms with Crippen molar-refractivity contribution in [2.75, 3.05) is 13.7 Å². The number of esters is 1. The van der Waals surface area contributed by atoms with E-state index in [2.05, 4.69) is 6.92 Å². The highest BCUT2D eigenvalue weighted by Gasteiger charge is 2.61. The van der Waals surface area contributed by atoms with Crippen LogP contribution in [0.15, 0.2) is 48.7 Å². The van der Waals surface area contributed by atoms with Crippen LogP contribution in [0.1, 0.15) is 30.1 Å². The maximum absolute atomic E-state index is 12.7. The topological polar surface area (TPSA) is 62.6 Å². The van der Waals surface area contributed by atoms with E-state index in [1.807, 2.05) is 29.1 Å². The monoisotopic (exact) mass is 364 g/mol. The van der Waals surface area contributed by atoms with Gasteiger partial charge in [-0.15, -0.1) is 0 Å². The molecule has 2 saturated heterocycles. The Labute approximate surface area is 156 Å². The minimum absolute atomic E-state index is 0.0134. The van der Waals surface area contributed by atoms with Crippen molar-refractivity contribution in [1.82, 2.24) is 9.78 Å². The number of fused-ring (bicyclic) bond motifs is 2. The van der Waals surface area contributed by atoms with Gasteiger partial charge < -0.3 is 14.2 Å². The summed E-state index contributed by atoms with van der Waals surface area (Å²) in [4.78, 5) is 12.7. The normalized spacial score (nSPS) is 26.0. The summed E-state index contributed by atoms with van der Waals surface area (Å²) >= 11 is 0. The van der Waals surface area contributed by atoms with Crippen molar-refractivity contribution in [3.8, 4) is 11.5 Å². The number of aromatic nitrogens is 2. The predicted octanol–water partition coefficient (Wildman–Crippen LogP) is 3.54. The Kier molecular flexibility index (Phi) is 3.37. The second kappa shape index (κ2) is 5.57. The van der Waals surface area contributed by atoms with Crippen LogP contribution in [0, 0.1) is 0 Å². The molecule has 3 aromatic rings. The zero-order valence-electron chi connectivity index (χ0n) is 15.3. The Morgan fingerprint density at radius 1 is 1.22 bits per heavy atom. The molecule has 0 amide bonds. The summed E-state index contributed by atoms with van der Waals surface area (Å²) in [7, 11) is 1.54. The van der Waals surface area contributed by atoms with Crippen LogP contribution in [0.5, 0.6) is 11.5 Å². The number of nitrogens with zero attached hydrogens (tertiary/aromatic N) is 2. The molecule has 6 heteroatoms. The van der Waals surface area contributed by atoms with Crippen LogP contribution in [0.2, 0.25) is 0 Å². The lowest BCUT2D eigenvalue weighted by molar-refractivity contribution is 0.00383. The van der Waals surface area contributed by atoms with Crippen LogP contribution >= 0.6 is 0 Å². The van der Waals surface area contributed by atoms with Gasteiger partial charge in [0, 0.05) is 30.5 Å². The van der Waals surface area contributed by atoms with Crippen LogP contribution in [-0.4, -0.2) is 35.1 Å². The van der Waals surface area contributed by atoms with Gasteiger partial charge in [0.1, 0.15) is 17.1 Å². The van der Waals surface area contributed by atoms with Gasteiger partial charge in [0.15, 0.2) is 0 Å². The minimum Gasteiger partial charge on any atom is -0.496 e. The van der Waals surface area contributed by atoms with Gasteiger partial charge in [-0.05, 0) is 25.1 Å². The van der Waals surface area contributed by atoms with Gasteiger partial charge in [0.05, 0.1) is 30.4 Å². The van der Waals surface area contributed by atoms with Crippen LogP contribution in [0.25, 0.3) is 10.9 Å². The van der Waals surface area contributed by atoms with E-state index in [4.69, 9.17) is 19.3 Å². The molecule has 2 aromatic carbocycles. The molecule has 0 radical (unpaired) electrons. The molecule has 0 atom stereocenters. The predicted molar refractivity (Wildman–Crippen MR) is 99.3 cm³/mol. The average molecular weight is 364 g/mol. The Bertz CT molecular complexity index is 1040. The van der Waals surface area contributed by atoms with E-state index in [1.165, 1.54) is 0 Å². The van der Waals surface area contributed by atoms with Gasteiger partial charge in [-0.1, -0.05) is 18.2 Å². The van der Waals surface area contributed by atoms with Crippen LogP contribution in [0.3, 0.4) is 0 Å². The highest BCUT2D eigenvalue weighted by Crippen LogP contribution is 2.55. The van der Waals surface area contributed by atoms with Gasteiger partial charge in [-0.2, -0.15) is 5.10 Å². The van der Waals surface area contributed by atoms with Crippen molar-refractivity contribution in [1.29, 1.82) is 0 Å². The second-order valence-corrected chi connectivity index (χ2v) is 7.70. The van der Waals surface area contributed by atoms with Crippen molar-refractivity contribution in [2.24, 2.45) is 0 Å². The molecule has 3 heterocycles. The number of ether oxygens (including phenoxy) is 3. The number of methoxy groups -OCH3 is 1. The van der Waals surface area contributed by atoms with E-state index in [1.54, 1.807) is 31.4 Å². The number of rotatable bonds is 4. The van der Waals surface area contributed by atoms with Gasteiger partial charge in [0.25, 0.3) is 0 Å². The first kappa shape index (κ1) is 16.3. The van der Waals surface area contributed by atoms with Gasteiger partial charge in [0.2, 0.25) is 0 Å². The maximum Gasteiger partial charge on any atom is 0.347 e. The first-order valence-corrected chi connectivity index (χ1v) is 8.99. The standard InChI is InChI=1S/C21H20N2O4/c1-20-11-21(12-20,13-26-20)23-10-14-8-16(18(25-2)9-17(14)22-23)19(24)27-15-6-4-3-5-7-15/h3-10H,11-13H2,1-2H3. The van der Waals surface area contributed by atoms with E-state index >= 15 is 0 Å². The molecule has 138 valence electrons. The molecular formula is C21H20N2O4. The van der Waals surface area contributed by atoms with Crippen LogP contribution in [-0.2, 0) is 10.3 Å². The van der Waals surface area contributed by atoms with Crippen molar-refractivity contribution in [2.45, 2.75) is 30.9 Å². The molecule has 3 fully saturated rings. The highest BCUT2D eigenvalue weighted by molar-refractivity contribution is 5.98. The van der Waals surface area contributed by atoms with Crippen molar-refractivity contribution < 1.29 is 19.0 Å². The molecule has 0 N–H and O–H groups in total. The number of hydrogen-bond acceptors (Lipinski definition) is 5. The van der Waals surface area contributed by atoms with E-state index in [9.17, 15) is 4.79 Å². The van der Waals surface area contributed by atoms with Gasteiger partial charge in [-0.25, -0.2) is 4.79 Å². The molecule has 1 aromatic heterocycles. The van der Waals surface area contributed by atoms with Crippen molar-refractivity contribution in [3.63, 3.8) is 0 Å². The Balaban J connectivity index is 1.50. The molecule has 2 aliphatic heterocycles. The van der Waals surface area contributed by atoms with E-state index < -0.39 is 5.97 Å². The summed E-state index contributed by atoms with van der Waals surface area (Å²) in [5.41, 5.74) is 1.09. The zero-order valence-corrected chi connectivity index (χ0v) is 15.3. The average Bonchev–Trinajstić information content (AvgIpc) is 3.31. The lowest BCUT2D eigenvalue weighted by atomic mass is 9.69. The van der Waals surface area contributed by atoms with Crippen molar-refractivity contribution >= 4 is 16.9 Å². The summed E-state index contributed by atoms with van der Waals surface area (Å²) in [6.07, 6.45) is 3.92. The van der Waals surface area contributed by atoms with Crippen LogP contribution in [0.4, 0.5) is 0 Å². The molecule has 3 aliphatic rings. The largest absolute Gasteiger partial charge is 0.496 e. The van der Waals surface area contributed by atoms with Gasteiger partial charge >= 0.3 is 5.97 Å². The third-order valence-corrected chi connectivity index (χ3v) is 5.58. The minimum atomic E-state index is -0.453. The summed E-state index contributed by atoms with van der Waals surface area (Å²) in [6.45, 7) is 2.82. The fourth-order valence-electron chi connectivity index (χ4n) is 4.36. The van der Waals surface area contributed by atoms with Crippen molar-refractivity contribution in [3.05, 3.63) is 54.2 Å². The molecule has 6 nitrogen and oxygen atoms in total. The third-order valence-electron chi connectivity index (χ3n) is 5.58. The second-order valence-electron chi connectivity index (χ2n) is 7.70. The molecule has 1 saturated carbocycles. The number of hydrogen-bond donors (Lipinski definition) is 0. The molecule has 1 aliphatic carbocycles. The Morgan fingerprint density at radius 3 is 2.67 bits per heavy atom. The van der Waals surface area contributed by atoms with E-state index in [0.29, 0.717) is 23.7 Å². The lowest BCUT2D eigenvalue weighted by Gasteiger charge is -2.42. The Morgan fingerprint density at radius 2 is 2.00 bits per heavy atom. The summed E-state index contributed by atoms with van der Waals surface area (Å²) in [5.74, 6) is 0.495. The molecule has 27 heavy (non-hydrogen) atoms. The summed E-state index contributed by atoms with van der Waals surface area (Å²) in [5, 5.41) is 5.61. The summed E-state index contributed by atoms with van der Waals surface area (Å²) in [6, 6.07) is 12.6. The van der Waals surface area contributed by atoms with E-state index in [0.717, 1.165) is 23.7 Å². The first-order valence-electron chi connectivity index (χ1n) is 8.99. The molecular weight excluding hydrogens is 344 g/mol. The smallest absolute Gasteiger partial charge is 0.347 e. The fourth-order valence-corrected chi connectivity index (χ4v) is 4.36. The fraction of sp³-hybridized carbons (Fsp3) is 0.333. The third kappa shape index (κ3) is 2.51. The zero-order chi connectivity index (χ0) is 18.6. The van der Waals surface area contributed by atoms with Gasteiger partial charge in [-0.3, -0.25) is 4.68 Å². The molecule has 0 unspecified atom stereocenters. The SMILES string of the molecule is COc1cc2nn(C34COC(C)(C3)C4)cc2cc1C(=O)Oc1ccccc1. The number of carbonyl (C=O) groups excluding carboxylic acids is 1. The first-order chi connectivity index (χ1) is 13.0. The number of benzene rings is 2. The summed E-state index contributed by atoms with van der Waals surface area (Å²) < 4.78 is 18.8. The molecule has 2 bridgehead atoms. The van der Waals surface area contributed by atoms with Crippen LogP contribution < -0.4 is 9.47 Å². The molecule has 6 rings (SSSR count). The Hall–Kier alpha value is -2.86.